The largest absolute Gasteiger partial charge is 0.462 e. The van der Waals surface area contributed by atoms with Crippen molar-refractivity contribution in [2.24, 2.45) is 23.2 Å². The number of carbonyl (C=O) groups excluding carboxylic acids is 1. The maximum Gasteiger partial charge on any atom is 0.312 e. The Morgan fingerprint density at radius 1 is 1.45 bits per heavy atom. The average Bonchev–Trinajstić information content (AvgIpc) is 2.88. The van der Waals surface area contributed by atoms with Gasteiger partial charge in [0.15, 0.2) is 0 Å². The molecule has 4 nitrogen and oxygen atoms in total. The van der Waals surface area contributed by atoms with Gasteiger partial charge in [0.05, 0.1) is 18.7 Å². The SMILES string of the molecule is COCc1nc(CC(=O)O[C@@H]2C[C@H]3C[C@@H]([C@@H]2C)C3(C)C)cs1. The van der Waals surface area contributed by atoms with Crippen LogP contribution in [0.5, 0.6) is 0 Å². The summed E-state index contributed by atoms with van der Waals surface area (Å²) in [7, 11) is 1.65. The van der Waals surface area contributed by atoms with Crippen molar-refractivity contribution in [3.05, 3.63) is 16.1 Å². The normalized spacial score (nSPS) is 32.4. The third kappa shape index (κ3) is 2.81. The van der Waals surface area contributed by atoms with E-state index >= 15 is 0 Å². The number of carbonyl (C=O) groups is 1. The minimum absolute atomic E-state index is 0.0846. The molecule has 4 rings (SSSR count). The summed E-state index contributed by atoms with van der Waals surface area (Å²) in [5.41, 5.74) is 1.21. The molecule has 3 aliphatic rings. The van der Waals surface area contributed by atoms with Gasteiger partial charge in [-0.05, 0) is 36.0 Å². The van der Waals surface area contributed by atoms with Gasteiger partial charge in [0.2, 0.25) is 0 Å². The highest BCUT2D eigenvalue weighted by Crippen LogP contribution is 2.61. The number of ether oxygens (including phenoxy) is 2. The lowest BCUT2D eigenvalue weighted by molar-refractivity contribution is -0.185. The fourth-order valence-electron chi connectivity index (χ4n) is 4.24. The molecule has 5 heteroatoms. The van der Waals surface area contributed by atoms with Crippen LogP contribution in [0.25, 0.3) is 0 Å². The molecule has 0 aliphatic heterocycles. The van der Waals surface area contributed by atoms with Crippen molar-refractivity contribution in [1.29, 1.82) is 0 Å². The summed E-state index contributed by atoms with van der Waals surface area (Å²) in [5, 5.41) is 2.82. The average molecular weight is 323 g/mol. The maximum absolute atomic E-state index is 12.2. The summed E-state index contributed by atoms with van der Waals surface area (Å²) >= 11 is 1.53. The molecule has 0 N–H and O–H groups in total. The smallest absolute Gasteiger partial charge is 0.312 e. The number of esters is 1. The lowest BCUT2D eigenvalue weighted by Gasteiger charge is -2.61. The summed E-state index contributed by atoms with van der Waals surface area (Å²) in [5.74, 6) is 1.71. The number of methoxy groups -OCH3 is 1. The number of hydrogen-bond donors (Lipinski definition) is 0. The molecule has 3 fully saturated rings. The van der Waals surface area contributed by atoms with Crippen molar-refractivity contribution in [3.63, 3.8) is 0 Å². The van der Waals surface area contributed by atoms with Crippen LogP contribution in [0.3, 0.4) is 0 Å². The summed E-state index contributed by atoms with van der Waals surface area (Å²) in [6.45, 7) is 7.44. The van der Waals surface area contributed by atoms with Crippen LogP contribution in [0.1, 0.15) is 44.3 Å². The van der Waals surface area contributed by atoms with Crippen LogP contribution >= 0.6 is 11.3 Å². The van der Waals surface area contributed by atoms with Gasteiger partial charge in [0.25, 0.3) is 0 Å². The van der Waals surface area contributed by atoms with E-state index in [-0.39, 0.29) is 18.5 Å². The number of thiazole rings is 1. The Morgan fingerprint density at radius 2 is 2.23 bits per heavy atom. The molecule has 4 atom stereocenters. The van der Waals surface area contributed by atoms with Crippen molar-refractivity contribution in [3.8, 4) is 0 Å². The first-order valence-electron chi connectivity index (χ1n) is 8.03. The van der Waals surface area contributed by atoms with E-state index in [1.807, 2.05) is 5.38 Å². The highest BCUT2D eigenvalue weighted by atomic mass is 32.1. The predicted octanol–water partition coefficient (Wildman–Crippen LogP) is 3.45. The molecule has 3 aliphatic carbocycles. The molecule has 0 aromatic carbocycles. The monoisotopic (exact) mass is 323 g/mol. The van der Waals surface area contributed by atoms with Crippen molar-refractivity contribution >= 4 is 17.3 Å². The predicted molar refractivity (Wildman–Crippen MR) is 85.6 cm³/mol. The van der Waals surface area contributed by atoms with Crippen LogP contribution in [-0.4, -0.2) is 24.2 Å². The quantitative estimate of drug-likeness (QED) is 0.779. The van der Waals surface area contributed by atoms with Gasteiger partial charge in [0, 0.05) is 12.5 Å². The van der Waals surface area contributed by atoms with Gasteiger partial charge in [-0.3, -0.25) is 4.79 Å². The van der Waals surface area contributed by atoms with E-state index in [1.165, 1.54) is 17.8 Å². The number of aromatic nitrogens is 1. The van der Waals surface area contributed by atoms with E-state index in [1.54, 1.807) is 7.11 Å². The Hall–Kier alpha value is -0.940. The number of fused-ring (bicyclic) bond motifs is 2. The minimum atomic E-state index is -0.148. The van der Waals surface area contributed by atoms with Gasteiger partial charge in [-0.1, -0.05) is 20.8 Å². The molecular formula is C17H25NO3S. The topological polar surface area (TPSA) is 48.4 Å². The molecule has 1 aromatic heterocycles. The third-order valence-corrected chi connectivity index (χ3v) is 6.63. The molecule has 0 unspecified atom stereocenters. The lowest BCUT2D eigenvalue weighted by Crippen LogP contribution is -2.57. The van der Waals surface area contributed by atoms with Crippen molar-refractivity contribution < 1.29 is 14.3 Å². The third-order valence-electron chi connectivity index (χ3n) is 5.76. The molecule has 0 amide bonds. The minimum Gasteiger partial charge on any atom is -0.462 e. The molecule has 0 saturated heterocycles. The van der Waals surface area contributed by atoms with Crippen LogP contribution in [0.2, 0.25) is 0 Å². The van der Waals surface area contributed by atoms with Crippen LogP contribution in [0.15, 0.2) is 5.38 Å². The van der Waals surface area contributed by atoms with E-state index < -0.39 is 0 Å². The van der Waals surface area contributed by atoms with Crippen LogP contribution in [0.4, 0.5) is 0 Å². The van der Waals surface area contributed by atoms with E-state index in [2.05, 4.69) is 25.8 Å². The summed E-state index contributed by atoms with van der Waals surface area (Å²) in [6, 6.07) is 0. The van der Waals surface area contributed by atoms with Crippen molar-refractivity contribution in [1.82, 2.24) is 4.98 Å². The Morgan fingerprint density at radius 3 is 2.86 bits per heavy atom. The second-order valence-corrected chi connectivity index (χ2v) is 8.27. The summed E-state index contributed by atoms with van der Waals surface area (Å²) < 4.78 is 10.8. The van der Waals surface area contributed by atoms with Crippen molar-refractivity contribution in [2.45, 2.75) is 52.7 Å². The van der Waals surface area contributed by atoms with E-state index in [0.717, 1.165) is 17.1 Å². The lowest BCUT2D eigenvalue weighted by atomic mass is 9.45. The highest BCUT2D eigenvalue weighted by molar-refractivity contribution is 7.09. The second-order valence-electron chi connectivity index (χ2n) is 7.33. The Bertz CT molecular complexity index is 554. The van der Waals surface area contributed by atoms with E-state index in [4.69, 9.17) is 9.47 Å². The molecule has 2 bridgehead atoms. The van der Waals surface area contributed by atoms with Gasteiger partial charge >= 0.3 is 5.97 Å². The Kier molecular flexibility index (Phi) is 4.29. The Labute approximate surface area is 136 Å². The number of nitrogens with zero attached hydrogens (tertiary/aromatic N) is 1. The molecule has 0 radical (unpaired) electrons. The fourth-order valence-corrected chi connectivity index (χ4v) is 5.00. The fraction of sp³-hybridized carbons (Fsp3) is 0.765. The molecule has 0 spiro atoms. The molecule has 22 heavy (non-hydrogen) atoms. The molecule has 3 saturated carbocycles. The van der Waals surface area contributed by atoms with E-state index in [9.17, 15) is 4.79 Å². The molecule has 122 valence electrons. The van der Waals surface area contributed by atoms with Gasteiger partial charge < -0.3 is 9.47 Å². The highest BCUT2D eigenvalue weighted by Gasteiger charge is 2.57. The van der Waals surface area contributed by atoms with Crippen LogP contribution < -0.4 is 0 Å². The number of rotatable bonds is 5. The summed E-state index contributed by atoms with van der Waals surface area (Å²) in [6.07, 6.45) is 2.67. The first kappa shape index (κ1) is 15.9. The summed E-state index contributed by atoms with van der Waals surface area (Å²) in [4.78, 5) is 16.6. The van der Waals surface area contributed by atoms with Gasteiger partial charge in [-0.25, -0.2) is 4.98 Å². The van der Waals surface area contributed by atoms with Crippen LogP contribution in [-0.2, 0) is 27.3 Å². The molecular weight excluding hydrogens is 298 g/mol. The molecule has 1 heterocycles. The first-order valence-corrected chi connectivity index (χ1v) is 8.91. The zero-order chi connectivity index (χ0) is 15.9. The van der Waals surface area contributed by atoms with E-state index in [0.29, 0.717) is 29.8 Å². The zero-order valence-corrected chi connectivity index (χ0v) is 14.6. The Balaban J connectivity index is 1.54. The van der Waals surface area contributed by atoms with Crippen molar-refractivity contribution in [2.75, 3.05) is 7.11 Å². The van der Waals surface area contributed by atoms with Gasteiger partial charge in [-0.2, -0.15) is 0 Å². The molecule has 1 aromatic rings. The standard InChI is InChI=1S/C17H25NO3S/c1-10-13-5-11(17(13,2)3)6-14(10)21-16(19)7-12-9-22-15(18-12)8-20-4/h9-11,13-14H,5-8H2,1-4H3/t10-,11+,13-,14+/m0/s1. The van der Waals surface area contributed by atoms with Crippen LogP contribution in [0, 0.1) is 23.2 Å². The maximum atomic E-state index is 12.2. The zero-order valence-electron chi connectivity index (χ0n) is 13.8. The van der Waals surface area contributed by atoms with Gasteiger partial charge in [0.1, 0.15) is 11.1 Å². The number of hydrogen-bond acceptors (Lipinski definition) is 5. The van der Waals surface area contributed by atoms with Gasteiger partial charge in [-0.15, -0.1) is 11.3 Å². The second kappa shape index (κ2) is 5.93. The first-order chi connectivity index (χ1) is 10.4.